The summed E-state index contributed by atoms with van der Waals surface area (Å²) in [6.45, 7) is 6.93. The van der Waals surface area contributed by atoms with Gasteiger partial charge in [-0.2, -0.15) is 9.78 Å². The number of rotatable bonds is 8. The molecule has 0 spiro atoms. The minimum Gasteiger partial charge on any atom is -0.490 e. The highest BCUT2D eigenvalue weighted by atomic mass is 79.9. The summed E-state index contributed by atoms with van der Waals surface area (Å²) < 4.78 is 12.4. The predicted octanol–water partition coefficient (Wildman–Crippen LogP) is 4.79. The summed E-state index contributed by atoms with van der Waals surface area (Å²) in [7, 11) is 0. The van der Waals surface area contributed by atoms with Crippen LogP contribution < -0.4 is 15.0 Å². The van der Waals surface area contributed by atoms with Crippen LogP contribution >= 0.6 is 15.9 Å². The molecule has 0 radical (unpaired) electrons. The minimum absolute atomic E-state index is 0.0170. The molecule has 178 valence electrons. The van der Waals surface area contributed by atoms with Crippen LogP contribution in [0.3, 0.4) is 0 Å². The fourth-order valence-electron chi connectivity index (χ4n) is 3.23. The first kappa shape index (κ1) is 25.0. The van der Waals surface area contributed by atoms with Crippen molar-refractivity contribution in [3.63, 3.8) is 0 Å². The minimum atomic E-state index is -0.719. The summed E-state index contributed by atoms with van der Waals surface area (Å²) in [5, 5.41) is 16.4. The molecule has 0 aliphatic rings. The van der Waals surface area contributed by atoms with Crippen molar-refractivity contribution in [3.8, 4) is 11.5 Å². The SMILES string of the molecule is CCOc1cc(C=Nn2c([C@H](C)CC)nc3ccc(Br)cc3c2=O)cc([N+](=O)[O-])c1OC(C)=O. The highest BCUT2D eigenvalue weighted by Crippen LogP contribution is 2.38. The van der Waals surface area contributed by atoms with Crippen molar-refractivity contribution < 1.29 is 19.2 Å². The van der Waals surface area contributed by atoms with Gasteiger partial charge in [0.15, 0.2) is 5.75 Å². The molecule has 0 N–H and O–H groups in total. The van der Waals surface area contributed by atoms with E-state index in [4.69, 9.17) is 9.47 Å². The Hall–Kier alpha value is -3.60. The Bertz CT molecular complexity index is 1350. The lowest BCUT2D eigenvalue weighted by Crippen LogP contribution is -2.23. The molecule has 1 atom stereocenters. The standard InChI is InChI=1S/C23H23BrN4O6/c1-5-13(3)22-26-18-8-7-16(24)11-17(18)23(30)27(22)25-12-15-9-19(28(31)32)21(34-14(4)29)20(10-15)33-6-2/h7-13H,5-6H2,1-4H3/t13-/m1/s1. The summed E-state index contributed by atoms with van der Waals surface area (Å²) in [6, 6.07) is 7.89. The third kappa shape index (κ3) is 5.30. The number of ether oxygens (including phenoxy) is 2. The van der Waals surface area contributed by atoms with E-state index in [1.54, 1.807) is 19.1 Å². The number of carbonyl (C=O) groups excluding carboxylic acids is 1. The number of aromatic nitrogens is 2. The van der Waals surface area contributed by atoms with Gasteiger partial charge in [0.05, 0.1) is 28.6 Å². The number of nitro groups is 1. The number of esters is 1. The second-order valence-electron chi connectivity index (χ2n) is 7.45. The first-order valence-corrected chi connectivity index (χ1v) is 11.4. The molecule has 34 heavy (non-hydrogen) atoms. The lowest BCUT2D eigenvalue weighted by atomic mass is 10.1. The zero-order chi connectivity index (χ0) is 25.0. The third-order valence-electron chi connectivity index (χ3n) is 5.01. The molecule has 3 aromatic rings. The summed E-state index contributed by atoms with van der Waals surface area (Å²) in [6.07, 6.45) is 2.03. The van der Waals surface area contributed by atoms with E-state index in [1.165, 1.54) is 23.0 Å². The normalized spacial score (nSPS) is 12.1. The van der Waals surface area contributed by atoms with Crippen LogP contribution in [0.1, 0.15) is 51.4 Å². The van der Waals surface area contributed by atoms with Crippen molar-refractivity contribution in [1.82, 2.24) is 9.66 Å². The van der Waals surface area contributed by atoms with Gasteiger partial charge in [-0.1, -0.05) is 29.8 Å². The van der Waals surface area contributed by atoms with Gasteiger partial charge in [-0.3, -0.25) is 19.7 Å². The number of hydrogen-bond donors (Lipinski definition) is 0. The quantitative estimate of drug-likeness (QED) is 0.135. The molecule has 11 heteroatoms. The number of fused-ring (bicyclic) bond motifs is 1. The molecule has 0 unspecified atom stereocenters. The van der Waals surface area contributed by atoms with E-state index >= 15 is 0 Å². The van der Waals surface area contributed by atoms with Crippen molar-refractivity contribution in [2.45, 2.75) is 40.0 Å². The van der Waals surface area contributed by atoms with Crippen LogP contribution in [0.4, 0.5) is 5.69 Å². The largest absolute Gasteiger partial charge is 0.490 e. The number of carbonyl (C=O) groups is 1. The molecular weight excluding hydrogens is 508 g/mol. The van der Waals surface area contributed by atoms with Crippen molar-refractivity contribution in [3.05, 3.63) is 66.7 Å². The summed E-state index contributed by atoms with van der Waals surface area (Å²) in [5.74, 6) is -0.592. The third-order valence-corrected chi connectivity index (χ3v) is 5.50. The first-order valence-electron chi connectivity index (χ1n) is 10.6. The lowest BCUT2D eigenvalue weighted by Gasteiger charge is -2.14. The van der Waals surface area contributed by atoms with Crippen LogP contribution in [-0.2, 0) is 4.79 Å². The highest BCUT2D eigenvalue weighted by molar-refractivity contribution is 9.10. The number of halogens is 1. The van der Waals surface area contributed by atoms with Crippen LogP contribution in [0.25, 0.3) is 10.9 Å². The molecule has 0 bridgehead atoms. The van der Waals surface area contributed by atoms with Crippen LogP contribution in [0, 0.1) is 10.1 Å². The molecule has 1 heterocycles. The zero-order valence-corrected chi connectivity index (χ0v) is 20.7. The molecule has 0 saturated heterocycles. The van der Waals surface area contributed by atoms with Crippen molar-refractivity contribution >= 4 is 44.7 Å². The number of nitrogens with zero attached hydrogens (tertiary/aromatic N) is 4. The first-order chi connectivity index (χ1) is 16.2. The van der Waals surface area contributed by atoms with Gasteiger partial charge in [-0.15, -0.1) is 0 Å². The van der Waals surface area contributed by atoms with E-state index in [-0.39, 0.29) is 35.1 Å². The summed E-state index contributed by atoms with van der Waals surface area (Å²) in [4.78, 5) is 40.3. The fraction of sp³-hybridized carbons (Fsp3) is 0.304. The smallest absolute Gasteiger partial charge is 0.316 e. The molecule has 2 aromatic carbocycles. The topological polar surface area (TPSA) is 126 Å². The van der Waals surface area contributed by atoms with Gasteiger partial charge >= 0.3 is 11.7 Å². The Labute approximate surface area is 203 Å². The molecule has 0 saturated carbocycles. The van der Waals surface area contributed by atoms with Crippen LogP contribution in [-0.4, -0.2) is 33.4 Å². The van der Waals surface area contributed by atoms with Gasteiger partial charge < -0.3 is 9.47 Å². The van der Waals surface area contributed by atoms with E-state index in [2.05, 4.69) is 26.0 Å². The molecule has 10 nitrogen and oxygen atoms in total. The van der Waals surface area contributed by atoms with E-state index in [0.717, 1.165) is 17.8 Å². The fourth-order valence-corrected chi connectivity index (χ4v) is 3.59. The number of hydrogen-bond acceptors (Lipinski definition) is 8. The zero-order valence-electron chi connectivity index (χ0n) is 19.1. The second kappa shape index (κ2) is 10.6. The van der Waals surface area contributed by atoms with Gasteiger partial charge in [-0.25, -0.2) is 4.98 Å². The maximum Gasteiger partial charge on any atom is 0.316 e. The van der Waals surface area contributed by atoms with Crippen LogP contribution in [0.15, 0.2) is 44.7 Å². The average molecular weight is 531 g/mol. The molecular formula is C23H23BrN4O6. The van der Waals surface area contributed by atoms with E-state index in [9.17, 15) is 19.7 Å². The van der Waals surface area contributed by atoms with Gasteiger partial charge in [0.25, 0.3) is 5.56 Å². The monoisotopic (exact) mass is 530 g/mol. The highest BCUT2D eigenvalue weighted by Gasteiger charge is 2.24. The Balaban J connectivity index is 2.20. The van der Waals surface area contributed by atoms with Crippen molar-refractivity contribution in [2.24, 2.45) is 5.10 Å². The predicted molar refractivity (Wildman–Crippen MR) is 131 cm³/mol. The molecule has 0 fully saturated rings. The lowest BCUT2D eigenvalue weighted by molar-refractivity contribution is -0.385. The summed E-state index contributed by atoms with van der Waals surface area (Å²) in [5.41, 5.74) is 0.00363. The van der Waals surface area contributed by atoms with Crippen LogP contribution in [0.2, 0.25) is 0 Å². The maximum absolute atomic E-state index is 13.3. The van der Waals surface area contributed by atoms with Crippen molar-refractivity contribution in [2.75, 3.05) is 6.61 Å². The summed E-state index contributed by atoms with van der Waals surface area (Å²) >= 11 is 3.37. The number of benzene rings is 2. The Morgan fingerprint density at radius 1 is 1.32 bits per heavy atom. The van der Waals surface area contributed by atoms with Gasteiger partial charge in [-0.05, 0) is 37.6 Å². The average Bonchev–Trinajstić information content (AvgIpc) is 2.79. The second-order valence-corrected chi connectivity index (χ2v) is 8.37. The van der Waals surface area contributed by atoms with Crippen molar-refractivity contribution in [1.29, 1.82) is 0 Å². The van der Waals surface area contributed by atoms with Crippen LogP contribution in [0.5, 0.6) is 11.5 Å². The Kier molecular flexibility index (Phi) is 7.77. The van der Waals surface area contributed by atoms with E-state index < -0.39 is 16.6 Å². The maximum atomic E-state index is 13.3. The molecule has 0 aliphatic heterocycles. The van der Waals surface area contributed by atoms with E-state index in [1.807, 2.05) is 19.9 Å². The molecule has 3 rings (SSSR count). The van der Waals surface area contributed by atoms with Gasteiger partial charge in [0.2, 0.25) is 5.75 Å². The molecule has 1 aromatic heterocycles. The molecule has 0 aliphatic carbocycles. The van der Waals surface area contributed by atoms with Gasteiger partial charge in [0, 0.05) is 28.9 Å². The van der Waals surface area contributed by atoms with E-state index in [0.29, 0.717) is 16.7 Å². The van der Waals surface area contributed by atoms with Gasteiger partial charge in [0.1, 0.15) is 5.82 Å². The Morgan fingerprint density at radius 2 is 2.06 bits per heavy atom. The Morgan fingerprint density at radius 3 is 2.68 bits per heavy atom. The number of nitro benzene ring substituents is 1. The molecule has 0 amide bonds.